The van der Waals surface area contributed by atoms with Crippen LogP contribution in [0.25, 0.3) is 0 Å². The van der Waals surface area contributed by atoms with Gasteiger partial charge in [0.15, 0.2) is 0 Å². The van der Waals surface area contributed by atoms with E-state index in [0.717, 1.165) is 22.3 Å². The number of carboxylic acids is 1. The van der Waals surface area contributed by atoms with Gasteiger partial charge in [0, 0.05) is 0 Å². The maximum absolute atomic E-state index is 13.1. The summed E-state index contributed by atoms with van der Waals surface area (Å²) < 4.78 is 0. The third-order valence-corrected chi connectivity index (χ3v) is 5.47. The lowest BCUT2D eigenvalue weighted by Crippen LogP contribution is -2.41. The van der Waals surface area contributed by atoms with E-state index in [0.29, 0.717) is 12.8 Å². The van der Waals surface area contributed by atoms with E-state index in [4.69, 9.17) is 0 Å². The summed E-state index contributed by atoms with van der Waals surface area (Å²) in [6, 6.07) is 19.2. The molecular formula is C23H25NO3. The van der Waals surface area contributed by atoms with Crippen LogP contribution < -0.4 is 5.32 Å². The van der Waals surface area contributed by atoms with Crippen molar-refractivity contribution in [2.45, 2.75) is 32.7 Å². The number of carboxylic acid groups (broad SMARTS) is 1. The Morgan fingerprint density at radius 1 is 0.852 bits per heavy atom. The zero-order valence-electron chi connectivity index (χ0n) is 15.7. The number of carbonyl (C=O) groups excluding carboxylic acids is 1. The Balaban J connectivity index is 1.89. The second kappa shape index (κ2) is 8.21. The third kappa shape index (κ3) is 4.27. The number of hydrogen-bond donors (Lipinski definition) is 2. The van der Waals surface area contributed by atoms with Crippen LogP contribution in [0.2, 0.25) is 0 Å². The van der Waals surface area contributed by atoms with Crippen LogP contribution in [0.15, 0.2) is 71.8 Å². The van der Waals surface area contributed by atoms with Crippen LogP contribution in [0.4, 0.5) is 0 Å². The Kier molecular flexibility index (Phi) is 5.75. The van der Waals surface area contributed by atoms with Gasteiger partial charge in [0.05, 0.1) is 17.9 Å². The average molecular weight is 363 g/mol. The summed E-state index contributed by atoms with van der Waals surface area (Å²) >= 11 is 0. The van der Waals surface area contributed by atoms with Gasteiger partial charge in [-0.3, -0.25) is 9.59 Å². The lowest BCUT2D eigenvalue weighted by Gasteiger charge is -2.31. The van der Waals surface area contributed by atoms with Crippen molar-refractivity contribution < 1.29 is 14.7 Å². The van der Waals surface area contributed by atoms with Crippen molar-refractivity contribution >= 4 is 11.9 Å². The Morgan fingerprint density at radius 3 is 1.74 bits per heavy atom. The molecule has 0 saturated carbocycles. The van der Waals surface area contributed by atoms with E-state index in [1.165, 1.54) is 0 Å². The second-order valence-electron chi connectivity index (χ2n) is 7.28. The van der Waals surface area contributed by atoms with E-state index in [1.54, 1.807) is 0 Å². The van der Waals surface area contributed by atoms with Crippen molar-refractivity contribution in [1.82, 2.24) is 5.32 Å². The molecule has 140 valence electrons. The summed E-state index contributed by atoms with van der Waals surface area (Å²) in [5.41, 5.74) is 4.14. The monoisotopic (exact) mass is 363 g/mol. The first kappa shape index (κ1) is 18.9. The van der Waals surface area contributed by atoms with Crippen LogP contribution >= 0.6 is 0 Å². The number of allylic oxidation sites excluding steroid dienone is 2. The molecule has 2 atom stereocenters. The summed E-state index contributed by atoms with van der Waals surface area (Å²) in [6.07, 6.45) is 0.922. The topological polar surface area (TPSA) is 66.4 Å². The van der Waals surface area contributed by atoms with Crippen LogP contribution in [0.5, 0.6) is 0 Å². The molecule has 0 aliphatic heterocycles. The largest absolute Gasteiger partial charge is 0.481 e. The highest BCUT2D eigenvalue weighted by Gasteiger charge is 2.38. The molecule has 2 aromatic carbocycles. The Morgan fingerprint density at radius 2 is 1.30 bits per heavy atom. The van der Waals surface area contributed by atoms with Crippen LogP contribution in [0, 0.1) is 11.8 Å². The smallest absolute Gasteiger partial charge is 0.307 e. The van der Waals surface area contributed by atoms with Gasteiger partial charge in [-0.05, 0) is 37.8 Å². The molecule has 3 rings (SSSR count). The molecule has 0 bridgehead atoms. The number of aliphatic carboxylic acids is 1. The lowest BCUT2D eigenvalue weighted by atomic mass is 9.76. The van der Waals surface area contributed by atoms with Crippen molar-refractivity contribution in [2.75, 3.05) is 0 Å². The van der Waals surface area contributed by atoms with Crippen molar-refractivity contribution in [3.05, 3.63) is 82.9 Å². The fraction of sp³-hybridized carbons (Fsp3) is 0.304. The highest BCUT2D eigenvalue weighted by atomic mass is 16.4. The molecule has 0 unspecified atom stereocenters. The third-order valence-electron chi connectivity index (χ3n) is 5.47. The van der Waals surface area contributed by atoms with Crippen molar-refractivity contribution in [3.8, 4) is 0 Å². The van der Waals surface area contributed by atoms with Crippen molar-refractivity contribution in [1.29, 1.82) is 0 Å². The number of nitrogens with one attached hydrogen (secondary N) is 1. The number of benzene rings is 2. The van der Waals surface area contributed by atoms with Crippen LogP contribution in [0.1, 0.15) is 43.9 Å². The molecule has 0 spiro atoms. The van der Waals surface area contributed by atoms with Gasteiger partial charge in [0.2, 0.25) is 5.91 Å². The maximum Gasteiger partial charge on any atom is 0.307 e. The van der Waals surface area contributed by atoms with Crippen molar-refractivity contribution in [2.24, 2.45) is 11.8 Å². The lowest BCUT2D eigenvalue weighted by molar-refractivity contribution is -0.147. The summed E-state index contributed by atoms with van der Waals surface area (Å²) in [6.45, 7) is 3.94. The highest BCUT2D eigenvalue weighted by molar-refractivity contribution is 5.86. The molecule has 2 N–H and O–H groups in total. The van der Waals surface area contributed by atoms with Gasteiger partial charge in [-0.1, -0.05) is 71.8 Å². The summed E-state index contributed by atoms with van der Waals surface area (Å²) in [5.74, 6) is -2.34. The molecule has 0 saturated heterocycles. The summed E-state index contributed by atoms with van der Waals surface area (Å²) in [4.78, 5) is 24.9. The normalized spacial score (nSPS) is 19.8. The summed E-state index contributed by atoms with van der Waals surface area (Å²) in [5, 5.41) is 12.7. The molecular weight excluding hydrogens is 338 g/mol. The van der Waals surface area contributed by atoms with Gasteiger partial charge in [-0.2, -0.15) is 0 Å². The van der Waals surface area contributed by atoms with Gasteiger partial charge in [0.25, 0.3) is 0 Å². The zero-order chi connectivity index (χ0) is 19.4. The number of carbonyl (C=O) groups is 2. The van der Waals surface area contributed by atoms with E-state index >= 15 is 0 Å². The van der Waals surface area contributed by atoms with E-state index in [-0.39, 0.29) is 11.9 Å². The number of rotatable bonds is 5. The van der Waals surface area contributed by atoms with Crippen molar-refractivity contribution in [3.63, 3.8) is 0 Å². The Hall–Kier alpha value is -2.88. The number of amides is 1. The number of hydrogen-bond acceptors (Lipinski definition) is 2. The van der Waals surface area contributed by atoms with Gasteiger partial charge in [0.1, 0.15) is 0 Å². The van der Waals surface area contributed by atoms with E-state index in [9.17, 15) is 14.7 Å². The fourth-order valence-corrected chi connectivity index (χ4v) is 3.73. The highest BCUT2D eigenvalue weighted by Crippen LogP contribution is 2.35. The predicted molar refractivity (Wildman–Crippen MR) is 105 cm³/mol. The van der Waals surface area contributed by atoms with E-state index < -0.39 is 17.8 Å². The minimum Gasteiger partial charge on any atom is -0.481 e. The van der Waals surface area contributed by atoms with Crippen LogP contribution in [-0.2, 0) is 9.59 Å². The molecule has 1 amide bonds. The first-order valence-electron chi connectivity index (χ1n) is 9.25. The molecule has 0 fully saturated rings. The minimum atomic E-state index is -0.905. The molecule has 4 heteroatoms. The first-order valence-corrected chi connectivity index (χ1v) is 9.25. The maximum atomic E-state index is 13.1. The second-order valence-corrected chi connectivity index (χ2v) is 7.28. The molecule has 27 heavy (non-hydrogen) atoms. The van der Waals surface area contributed by atoms with Crippen LogP contribution in [-0.4, -0.2) is 17.0 Å². The quantitative estimate of drug-likeness (QED) is 0.777. The van der Waals surface area contributed by atoms with E-state index in [2.05, 4.69) is 5.32 Å². The van der Waals surface area contributed by atoms with Crippen LogP contribution in [0.3, 0.4) is 0 Å². The average Bonchev–Trinajstić information content (AvgIpc) is 2.68. The molecule has 0 radical (unpaired) electrons. The first-order chi connectivity index (χ1) is 13.0. The zero-order valence-corrected chi connectivity index (χ0v) is 15.7. The fourth-order valence-electron chi connectivity index (χ4n) is 3.73. The molecule has 4 nitrogen and oxygen atoms in total. The standard InChI is InChI=1S/C23H25NO3/c1-15-13-19(20(23(26)27)14-16(15)2)22(25)24-21(17-9-5-3-6-10-17)18-11-7-4-8-12-18/h3-12,19-21H,13-14H2,1-2H3,(H,24,25)(H,26,27)/t19-,20+/m1/s1. The van der Waals surface area contributed by atoms with Gasteiger partial charge in [-0.25, -0.2) is 0 Å². The molecule has 0 heterocycles. The summed E-state index contributed by atoms with van der Waals surface area (Å²) in [7, 11) is 0. The van der Waals surface area contributed by atoms with Gasteiger partial charge in [-0.15, -0.1) is 0 Å². The minimum absolute atomic E-state index is 0.202. The molecule has 1 aliphatic rings. The SMILES string of the molecule is CC1=C(C)C[C@@H](C(=O)NC(c2ccccc2)c2ccccc2)[C@@H](C(=O)O)C1. The predicted octanol–water partition coefficient (Wildman–Crippen LogP) is 4.34. The van der Waals surface area contributed by atoms with E-state index in [1.807, 2.05) is 74.5 Å². The molecule has 1 aliphatic carbocycles. The molecule has 0 aromatic heterocycles. The van der Waals surface area contributed by atoms with Gasteiger partial charge < -0.3 is 10.4 Å². The Bertz CT molecular complexity index is 803. The molecule has 2 aromatic rings. The van der Waals surface area contributed by atoms with Gasteiger partial charge >= 0.3 is 5.97 Å². The Labute approximate surface area is 159 Å².